The van der Waals surface area contributed by atoms with Crippen molar-refractivity contribution in [3.05, 3.63) is 29.8 Å². The first-order valence-corrected chi connectivity index (χ1v) is 8.04. The molecule has 2 atom stereocenters. The number of ether oxygens (including phenoxy) is 1. The van der Waals surface area contributed by atoms with E-state index in [0.717, 1.165) is 25.1 Å². The minimum atomic E-state index is -0.0725. The lowest BCUT2D eigenvalue weighted by atomic mass is 9.86. The van der Waals surface area contributed by atoms with Crippen molar-refractivity contribution in [1.29, 1.82) is 0 Å². The number of nitrogens with one attached hydrogen (secondary N) is 2. The lowest BCUT2D eigenvalue weighted by Gasteiger charge is -2.30. The van der Waals surface area contributed by atoms with Crippen molar-refractivity contribution in [3.8, 4) is 5.75 Å². The Bertz CT molecular complexity index is 499. The molecule has 0 aromatic heterocycles. The average Bonchev–Trinajstić information content (AvgIpc) is 3.32. The van der Waals surface area contributed by atoms with Gasteiger partial charge in [0.05, 0.1) is 12.1 Å². The van der Waals surface area contributed by atoms with Crippen molar-refractivity contribution in [2.45, 2.75) is 50.7 Å². The summed E-state index contributed by atoms with van der Waals surface area (Å²) in [7, 11) is 0. The molecule has 1 aromatic carbocycles. The number of carbonyl (C=O) groups excluding carboxylic acids is 1. The Balaban J connectivity index is 1.66. The molecule has 1 saturated carbocycles. The molecule has 114 valence electrons. The smallest absolute Gasteiger partial charge is 0.237 e. The summed E-state index contributed by atoms with van der Waals surface area (Å²) in [5.41, 5.74) is 1.30. The second-order valence-electron chi connectivity index (χ2n) is 6.01. The number of amides is 1. The van der Waals surface area contributed by atoms with Crippen LogP contribution in [0, 0.1) is 0 Å². The Morgan fingerprint density at radius 3 is 3.00 bits per heavy atom. The molecule has 2 N–H and O–H groups in total. The van der Waals surface area contributed by atoms with Gasteiger partial charge in [0.1, 0.15) is 5.75 Å². The molecule has 0 radical (unpaired) electrons. The summed E-state index contributed by atoms with van der Waals surface area (Å²) in [6.45, 7) is 3.53. The Labute approximate surface area is 126 Å². The van der Waals surface area contributed by atoms with E-state index in [1.165, 1.54) is 18.4 Å². The average molecular weight is 288 g/mol. The van der Waals surface area contributed by atoms with E-state index in [1.807, 2.05) is 13.0 Å². The number of piperidine rings is 1. The fraction of sp³-hybridized carbons (Fsp3) is 0.588. The summed E-state index contributed by atoms with van der Waals surface area (Å²) in [5.74, 6) is 1.53. The van der Waals surface area contributed by atoms with Crippen molar-refractivity contribution in [1.82, 2.24) is 10.6 Å². The molecule has 2 unspecified atom stereocenters. The molecule has 0 spiro atoms. The van der Waals surface area contributed by atoms with E-state index in [1.54, 1.807) is 0 Å². The SMILES string of the molecule is CCNC(=O)C1CC(c2cccc(OC3CC3)c2)CCN1. The zero-order valence-electron chi connectivity index (χ0n) is 12.6. The van der Waals surface area contributed by atoms with E-state index in [4.69, 9.17) is 4.74 Å². The fourth-order valence-corrected chi connectivity index (χ4v) is 2.94. The summed E-state index contributed by atoms with van der Waals surface area (Å²) in [5, 5.41) is 6.22. The van der Waals surface area contributed by atoms with Gasteiger partial charge in [-0.05, 0) is 62.8 Å². The van der Waals surface area contributed by atoms with Crippen LogP contribution in [0.1, 0.15) is 44.1 Å². The van der Waals surface area contributed by atoms with E-state index in [9.17, 15) is 4.79 Å². The number of benzene rings is 1. The zero-order chi connectivity index (χ0) is 14.7. The quantitative estimate of drug-likeness (QED) is 0.873. The number of hydrogen-bond acceptors (Lipinski definition) is 3. The lowest BCUT2D eigenvalue weighted by Crippen LogP contribution is -2.48. The third kappa shape index (κ3) is 3.76. The maximum atomic E-state index is 12.0. The number of carbonyl (C=O) groups is 1. The highest BCUT2D eigenvalue weighted by Gasteiger charge is 2.28. The maximum Gasteiger partial charge on any atom is 0.237 e. The minimum absolute atomic E-state index is 0.0725. The maximum absolute atomic E-state index is 12.0. The first-order chi connectivity index (χ1) is 10.3. The third-order valence-electron chi connectivity index (χ3n) is 4.23. The van der Waals surface area contributed by atoms with E-state index < -0.39 is 0 Å². The molecule has 3 rings (SSSR count). The van der Waals surface area contributed by atoms with Crippen LogP contribution in [0.5, 0.6) is 5.75 Å². The highest BCUT2D eigenvalue weighted by molar-refractivity contribution is 5.81. The fourth-order valence-electron chi connectivity index (χ4n) is 2.94. The van der Waals surface area contributed by atoms with Gasteiger partial charge in [-0.15, -0.1) is 0 Å². The van der Waals surface area contributed by atoms with E-state index in [0.29, 0.717) is 18.6 Å². The van der Waals surface area contributed by atoms with Gasteiger partial charge >= 0.3 is 0 Å². The topological polar surface area (TPSA) is 50.4 Å². The first kappa shape index (κ1) is 14.4. The van der Waals surface area contributed by atoms with Crippen LogP contribution >= 0.6 is 0 Å². The van der Waals surface area contributed by atoms with Crippen molar-refractivity contribution < 1.29 is 9.53 Å². The molecule has 1 aromatic rings. The van der Waals surface area contributed by atoms with Gasteiger partial charge in [0.15, 0.2) is 0 Å². The van der Waals surface area contributed by atoms with Crippen LogP contribution in [0.25, 0.3) is 0 Å². The Kier molecular flexibility index (Phi) is 4.44. The summed E-state index contributed by atoms with van der Waals surface area (Å²) in [6, 6.07) is 8.34. The normalized spacial score (nSPS) is 25.4. The molecule has 1 heterocycles. The van der Waals surface area contributed by atoms with Crippen LogP contribution in [-0.4, -0.2) is 31.1 Å². The van der Waals surface area contributed by atoms with Crippen molar-refractivity contribution in [3.63, 3.8) is 0 Å². The molecule has 1 saturated heterocycles. The van der Waals surface area contributed by atoms with E-state index in [2.05, 4.69) is 28.8 Å². The molecular formula is C17H24N2O2. The number of rotatable bonds is 5. The van der Waals surface area contributed by atoms with Crippen molar-refractivity contribution in [2.24, 2.45) is 0 Å². The van der Waals surface area contributed by atoms with Crippen LogP contribution in [0.2, 0.25) is 0 Å². The first-order valence-electron chi connectivity index (χ1n) is 8.04. The van der Waals surface area contributed by atoms with Gasteiger partial charge in [-0.25, -0.2) is 0 Å². The largest absolute Gasteiger partial charge is 0.490 e. The molecule has 4 heteroatoms. The molecule has 2 fully saturated rings. The van der Waals surface area contributed by atoms with Gasteiger partial charge < -0.3 is 15.4 Å². The molecule has 1 aliphatic carbocycles. The number of likely N-dealkylation sites (N-methyl/N-ethyl adjacent to an activating group) is 1. The molecule has 1 aliphatic heterocycles. The van der Waals surface area contributed by atoms with Gasteiger partial charge in [-0.2, -0.15) is 0 Å². The standard InChI is InChI=1S/C17H24N2O2/c1-2-18-17(20)16-11-13(8-9-19-16)12-4-3-5-15(10-12)21-14-6-7-14/h3-5,10,13-14,16,19H,2,6-9,11H2,1H3,(H,18,20). The van der Waals surface area contributed by atoms with Gasteiger partial charge in [0.2, 0.25) is 5.91 Å². The Morgan fingerprint density at radius 2 is 2.24 bits per heavy atom. The van der Waals surface area contributed by atoms with Gasteiger partial charge in [0.25, 0.3) is 0 Å². The van der Waals surface area contributed by atoms with Crippen LogP contribution in [0.3, 0.4) is 0 Å². The van der Waals surface area contributed by atoms with Crippen molar-refractivity contribution in [2.75, 3.05) is 13.1 Å². The molecule has 1 amide bonds. The molecule has 2 aliphatic rings. The number of hydrogen-bond donors (Lipinski definition) is 2. The summed E-state index contributed by atoms with van der Waals surface area (Å²) in [4.78, 5) is 12.0. The predicted octanol–water partition coefficient (Wildman–Crippen LogP) is 2.20. The van der Waals surface area contributed by atoms with Crippen LogP contribution in [-0.2, 0) is 4.79 Å². The highest BCUT2D eigenvalue weighted by Crippen LogP contribution is 2.32. The molecule has 21 heavy (non-hydrogen) atoms. The van der Waals surface area contributed by atoms with Crippen LogP contribution in [0.4, 0.5) is 0 Å². The third-order valence-corrected chi connectivity index (χ3v) is 4.23. The lowest BCUT2D eigenvalue weighted by molar-refractivity contribution is -0.123. The van der Waals surface area contributed by atoms with Crippen LogP contribution < -0.4 is 15.4 Å². The molecule has 4 nitrogen and oxygen atoms in total. The Hall–Kier alpha value is -1.55. The predicted molar refractivity (Wildman–Crippen MR) is 82.5 cm³/mol. The van der Waals surface area contributed by atoms with E-state index >= 15 is 0 Å². The minimum Gasteiger partial charge on any atom is -0.490 e. The van der Waals surface area contributed by atoms with Crippen molar-refractivity contribution >= 4 is 5.91 Å². The van der Waals surface area contributed by atoms with Gasteiger partial charge in [-0.1, -0.05) is 12.1 Å². The highest BCUT2D eigenvalue weighted by atomic mass is 16.5. The molecular weight excluding hydrogens is 264 g/mol. The second kappa shape index (κ2) is 6.48. The second-order valence-corrected chi connectivity index (χ2v) is 6.01. The Morgan fingerprint density at radius 1 is 1.38 bits per heavy atom. The zero-order valence-corrected chi connectivity index (χ0v) is 12.6. The molecule has 0 bridgehead atoms. The van der Waals surface area contributed by atoms with Crippen LogP contribution in [0.15, 0.2) is 24.3 Å². The monoisotopic (exact) mass is 288 g/mol. The summed E-state index contributed by atoms with van der Waals surface area (Å²) in [6.07, 6.45) is 4.71. The summed E-state index contributed by atoms with van der Waals surface area (Å²) < 4.78 is 5.87. The summed E-state index contributed by atoms with van der Waals surface area (Å²) >= 11 is 0. The van der Waals surface area contributed by atoms with E-state index in [-0.39, 0.29) is 11.9 Å². The van der Waals surface area contributed by atoms with Gasteiger partial charge in [0, 0.05) is 6.54 Å². The van der Waals surface area contributed by atoms with Gasteiger partial charge in [-0.3, -0.25) is 4.79 Å².